The number of hydrogen-bond acceptors (Lipinski definition) is 4. The van der Waals surface area contributed by atoms with Crippen LogP contribution in [0.1, 0.15) is 42.2 Å². The maximum Gasteiger partial charge on any atom is 0.242 e. The molecule has 1 aliphatic carbocycles. The number of carbonyl (C=O) groups excluding carboxylic acids is 2. The Kier molecular flexibility index (Phi) is 6.53. The van der Waals surface area contributed by atoms with E-state index in [4.69, 9.17) is 11.6 Å². The van der Waals surface area contributed by atoms with Crippen LogP contribution in [0.15, 0.2) is 47.4 Å². The summed E-state index contributed by atoms with van der Waals surface area (Å²) in [5, 5.41) is 5.00. The fraction of sp³-hybridized carbons (Fsp3) is 0.364. The fourth-order valence-corrected chi connectivity index (χ4v) is 6.03. The molecule has 0 radical (unpaired) electrons. The Hall–Kier alpha value is -2.38. The number of aryl methyl sites for hydroxylation is 1. The van der Waals surface area contributed by atoms with E-state index < -0.39 is 21.1 Å². The van der Waals surface area contributed by atoms with Gasteiger partial charge >= 0.3 is 0 Å². The zero-order chi connectivity index (χ0) is 22.1. The van der Waals surface area contributed by atoms with Crippen LogP contribution in [0.3, 0.4) is 0 Å². The Bertz CT molecular complexity index is 1080. The molecule has 2 N–H and O–H groups in total. The summed E-state index contributed by atoms with van der Waals surface area (Å²) in [6.07, 6.45) is 0.763. The minimum absolute atomic E-state index is 0.158. The van der Waals surface area contributed by atoms with E-state index in [1.807, 2.05) is 25.1 Å². The van der Waals surface area contributed by atoms with E-state index in [1.165, 1.54) is 19.1 Å². The fourth-order valence-electron chi connectivity index (χ4n) is 3.84. The molecule has 0 saturated heterocycles. The first kappa shape index (κ1) is 22.3. The number of sulfone groups is 1. The molecule has 2 aromatic carbocycles. The van der Waals surface area contributed by atoms with E-state index in [1.54, 1.807) is 19.1 Å². The summed E-state index contributed by atoms with van der Waals surface area (Å²) in [4.78, 5) is 23.9. The molecular weight excluding hydrogens is 424 g/mol. The van der Waals surface area contributed by atoms with Crippen LogP contribution in [-0.4, -0.2) is 32.3 Å². The molecule has 0 aromatic heterocycles. The van der Waals surface area contributed by atoms with Gasteiger partial charge in [-0.25, -0.2) is 8.42 Å². The summed E-state index contributed by atoms with van der Waals surface area (Å²) in [6.45, 7) is 4.86. The van der Waals surface area contributed by atoms with Gasteiger partial charge in [0.1, 0.15) is 6.04 Å². The monoisotopic (exact) mass is 448 g/mol. The van der Waals surface area contributed by atoms with Crippen LogP contribution < -0.4 is 10.6 Å². The van der Waals surface area contributed by atoms with Gasteiger partial charge in [-0.1, -0.05) is 41.4 Å². The smallest absolute Gasteiger partial charge is 0.242 e. The number of rotatable bonds is 5. The third-order valence-electron chi connectivity index (χ3n) is 5.27. The minimum atomic E-state index is -3.73. The topological polar surface area (TPSA) is 92.3 Å². The predicted molar refractivity (Wildman–Crippen MR) is 116 cm³/mol. The van der Waals surface area contributed by atoms with Gasteiger partial charge in [-0.2, -0.15) is 0 Å². The summed E-state index contributed by atoms with van der Waals surface area (Å²) >= 11 is 6.03. The Morgan fingerprint density at radius 2 is 1.90 bits per heavy atom. The molecule has 8 heteroatoms. The minimum Gasteiger partial charge on any atom is -0.351 e. The highest BCUT2D eigenvalue weighted by atomic mass is 35.5. The Balaban J connectivity index is 1.95. The van der Waals surface area contributed by atoms with Crippen molar-refractivity contribution in [1.29, 1.82) is 0 Å². The van der Waals surface area contributed by atoms with Crippen molar-refractivity contribution >= 4 is 33.3 Å². The lowest BCUT2D eigenvalue weighted by Gasteiger charge is -2.33. The molecule has 0 bridgehead atoms. The Labute approximate surface area is 181 Å². The Morgan fingerprint density at radius 3 is 2.57 bits per heavy atom. The third-order valence-corrected chi connectivity index (χ3v) is 7.61. The van der Waals surface area contributed by atoms with Crippen LogP contribution in [0.25, 0.3) is 0 Å². The second-order valence-corrected chi connectivity index (χ2v) is 10.3. The highest BCUT2D eigenvalue weighted by Crippen LogP contribution is 2.40. The predicted octanol–water partition coefficient (Wildman–Crippen LogP) is 3.12. The summed E-state index contributed by atoms with van der Waals surface area (Å²) in [5.74, 6) is -0.645. The first-order chi connectivity index (χ1) is 14.1. The molecule has 2 aromatic rings. The molecule has 1 unspecified atom stereocenters. The normalized spacial score (nSPS) is 19.5. The highest BCUT2D eigenvalue weighted by molar-refractivity contribution is 7.91. The van der Waals surface area contributed by atoms with Crippen molar-refractivity contribution in [3.05, 3.63) is 64.2 Å². The number of benzene rings is 2. The average molecular weight is 449 g/mol. The van der Waals surface area contributed by atoms with Crippen molar-refractivity contribution in [2.75, 3.05) is 0 Å². The van der Waals surface area contributed by atoms with Gasteiger partial charge in [0.2, 0.25) is 11.8 Å². The molecule has 0 spiro atoms. The number of carbonyl (C=O) groups is 2. The van der Waals surface area contributed by atoms with Gasteiger partial charge in [0.05, 0.1) is 10.1 Å². The van der Waals surface area contributed by atoms with E-state index in [2.05, 4.69) is 10.6 Å². The standard InChI is InChI=1S/C22H25ClN2O4S/c1-13-7-8-16-10-18(25-22(27)14(2)24-15(3)26)12-21(20(16)9-13)30(28,29)19-6-4-5-17(23)11-19/h4-9,11,14,18,21H,10,12H2,1-3H3,(H,24,26)(H,25,27)/t14-,18-,21?/m1/s1. The summed E-state index contributed by atoms with van der Waals surface area (Å²) in [5.41, 5.74) is 2.62. The molecule has 0 saturated carbocycles. The molecule has 30 heavy (non-hydrogen) atoms. The summed E-state index contributed by atoms with van der Waals surface area (Å²) in [7, 11) is -3.73. The Morgan fingerprint density at radius 1 is 1.17 bits per heavy atom. The van der Waals surface area contributed by atoms with E-state index in [9.17, 15) is 18.0 Å². The van der Waals surface area contributed by atoms with Gasteiger partial charge in [-0.05, 0) is 56.0 Å². The summed E-state index contributed by atoms with van der Waals surface area (Å²) < 4.78 is 27.0. The molecule has 1 aliphatic rings. The van der Waals surface area contributed by atoms with Gasteiger partial charge in [0.15, 0.2) is 9.84 Å². The first-order valence-corrected chi connectivity index (χ1v) is 11.7. The largest absolute Gasteiger partial charge is 0.351 e. The van der Waals surface area contributed by atoms with E-state index >= 15 is 0 Å². The zero-order valence-electron chi connectivity index (χ0n) is 17.1. The number of halogens is 1. The molecule has 0 fully saturated rings. The van der Waals surface area contributed by atoms with Crippen LogP contribution >= 0.6 is 11.6 Å². The van der Waals surface area contributed by atoms with E-state index in [0.717, 1.165) is 16.7 Å². The third kappa shape index (κ3) is 4.84. The quantitative estimate of drug-likeness (QED) is 0.735. The van der Waals surface area contributed by atoms with E-state index in [-0.39, 0.29) is 29.2 Å². The number of fused-ring (bicyclic) bond motifs is 1. The molecular formula is C22H25ClN2O4S. The molecule has 2 amide bonds. The second kappa shape index (κ2) is 8.78. The van der Waals surface area contributed by atoms with Gasteiger partial charge in [-0.3, -0.25) is 9.59 Å². The highest BCUT2D eigenvalue weighted by Gasteiger charge is 2.37. The number of hydrogen-bond donors (Lipinski definition) is 2. The molecule has 3 rings (SSSR count). The van der Waals surface area contributed by atoms with Crippen LogP contribution in [0, 0.1) is 6.92 Å². The van der Waals surface area contributed by atoms with Crippen molar-refractivity contribution in [3.8, 4) is 0 Å². The van der Waals surface area contributed by atoms with Gasteiger partial charge in [0.25, 0.3) is 0 Å². The molecule has 160 valence electrons. The van der Waals surface area contributed by atoms with E-state index in [0.29, 0.717) is 11.4 Å². The lowest BCUT2D eigenvalue weighted by Crippen LogP contribution is -2.49. The van der Waals surface area contributed by atoms with Crippen molar-refractivity contribution in [2.24, 2.45) is 0 Å². The van der Waals surface area contributed by atoms with Crippen LogP contribution in [-0.2, 0) is 25.8 Å². The van der Waals surface area contributed by atoms with Gasteiger partial charge in [-0.15, -0.1) is 0 Å². The van der Waals surface area contributed by atoms with Crippen LogP contribution in [0.4, 0.5) is 0 Å². The zero-order valence-corrected chi connectivity index (χ0v) is 18.7. The SMILES string of the molecule is CC(=O)N[C@H](C)C(=O)N[C@@H]1Cc2ccc(C)cc2C(S(=O)(=O)c2cccc(Cl)c2)C1. The maximum atomic E-state index is 13.5. The summed E-state index contributed by atoms with van der Waals surface area (Å²) in [6, 6.07) is 10.9. The van der Waals surface area contributed by atoms with Gasteiger partial charge < -0.3 is 10.6 Å². The number of amides is 2. The van der Waals surface area contributed by atoms with Crippen LogP contribution in [0.2, 0.25) is 5.02 Å². The molecule has 6 nitrogen and oxygen atoms in total. The lowest BCUT2D eigenvalue weighted by atomic mass is 9.86. The van der Waals surface area contributed by atoms with Crippen molar-refractivity contribution in [2.45, 2.75) is 55.8 Å². The number of nitrogens with one attached hydrogen (secondary N) is 2. The van der Waals surface area contributed by atoms with Crippen LogP contribution in [0.5, 0.6) is 0 Å². The maximum absolute atomic E-state index is 13.5. The molecule has 3 atom stereocenters. The van der Waals surface area contributed by atoms with Crippen molar-refractivity contribution < 1.29 is 18.0 Å². The van der Waals surface area contributed by atoms with Gasteiger partial charge in [0, 0.05) is 18.0 Å². The van der Waals surface area contributed by atoms with Crippen molar-refractivity contribution in [3.63, 3.8) is 0 Å². The first-order valence-electron chi connectivity index (χ1n) is 9.74. The van der Waals surface area contributed by atoms with Crippen molar-refractivity contribution in [1.82, 2.24) is 10.6 Å². The molecule has 0 heterocycles. The average Bonchev–Trinajstić information content (AvgIpc) is 2.67. The molecule has 0 aliphatic heterocycles. The second-order valence-electron chi connectivity index (χ2n) is 7.76. The lowest BCUT2D eigenvalue weighted by molar-refractivity contribution is -0.128.